The van der Waals surface area contributed by atoms with Crippen molar-refractivity contribution in [3.63, 3.8) is 0 Å². The number of nitrogens with zero attached hydrogens (tertiary/aromatic N) is 3. The van der Waals surface area contributed by atoms with Crippen LogP contribution in [0.3, 0.4) is 0 Å². The Morgan fingerprint density at radius 1 is 0.564 bits per heavy atom. The van der Waals surface area contributed by atoms with Gasteiger partial charge in [0.15, 0.2) is 0 Å². The van der Waals surface area contributed by atoms with Crippen molar-refractivity contribution in [3.05, 3.63) is 87.7 Å². The Balaban J connectivity index is 0. The average molecular weight is 633 g/mol. The van der Waals surface area contributed by atoms with E-state index in [2.05, 4.69) is 111 Å². The molecule has 3 nitrogen and oxygen atoms in total. The van der Waals surface area contributed by atoms with Crippen LogP contribution in [-0.4, -0.2) is 17.4 Å². The molecule has 39 heavy (non-hydrogen) atoms. The fourth-order valence-corrected chi connectivity index (χ4v) is 4.44. The third-order valence-electron chi connectivity index (χ3n) is 6.35. The number of halogens is 3. The summed E-state index contributed by atoms with van der Waals surface area (Å²) in [6, 6.07) is 17.2. The van der Waals surface area contributed by atoms with Crippen molar-refractivity contribution in [2.45, 2.75) is 86.0 Å². The van der Waals surface area contributed by atoms with E-state index in [1.54, 1.807) is 0 Å². The molecule has 0 saturated heterocycles. The van der Waals surface area contributed by atoms with E-state index in [4.69, 9.17) is 15.0 Å². The molecule has 7 heteroatoms. The summed E-state index contributed by atoms with van der Waals surface area (Å²) in [6.07, 6.45) is 3.80. The Morgan fingerprint density at radius 2 is 0.846 bits per heavy atom. The minimum atomic E-state index is 0. The van der Waals surface area contributed by atoms with Gasteiger partial charge in [-0.3, -0.25) is 9.98 Å². The number of hydrogen-bond donors (Lipinski definition) is 0. The van der Waals surface area contributed by atoms with Gasteiger partial charge < -0.3 is 37.2 Å². The molecule has 0 saturated carbocycles. The molecule has 0 amide bonds. The normalized spacial score (nSPS) is 11.1. The predicted molar refractivity (Wildman–Crippen MR) is 153 cm³/mol. The zero-order valence-electron chi connectivity index (χ0n) is 24.4. The summed E-state index contributed by atoms with van der Waals surface area (Å²) in [7, 11) is 0. The van der Waals surface area contributed by atoms with Crippen molar-refractivity contribution in [1.82, 2.24) is 4.98 Å². The van der Waals surface area contributed by atoms with E-state index < -0.39 is 0 Å². The van der Waals surface area contributed by atoms with E-state index in [1.807, 2.05) is 12.4 Å². The topological polar surface area (TPSA) is 37.6 Å². The number of aromatic nitrogens is 1. The minimum Gasteiger partial charge on any atom is -1.00 e. The van der Waals surface area contributed by atoms with Crippen LogP contribution in [0.4, 0.5) is 11.4 Å². The zero-order valence-corrected chi connectivity index (χ0v) is 27.7. The van der Waals surface area contributed by atoms with Gasteiger partial charge in [-0.15, -0.1) is 0 Å². The molecular formula is C32H41Cl3CoN3. The van der Waals surface area contributed by atoms with Gasteiger partial charge in [0.1, 0.15) is 0 Å². The van der Waals surface area contributed by atoms with Crippen LogP contribution >= 0.6 is 0 Å². The molecule has 0 aliphatic carbocycles. The first kappa shape index (κ1) is 39.4. The summed E-state index contributed by atoms with van der Waals surface area (Å²) in [5.41, 5.74) is 10.1. The van der Waals surface area contributed by atoms with E-state index in [9.17, 15) is 0 Å². The molecule has 0 N–H and O–H groups in total. The maximum absolute atomic E-state index is 4.96. The third kappa shape index (κ3) is 10.3. The smallest absolute Gasteiger partial charge is 1.00 e. The van der Waals surface area contributed by atoms with Crippen LogP contribution in [0.15, 0.2) is 58.5 Å². The van der Waals surface area contributed by atoms with Crippen molar-refractivity contribution in [3.8, 4) is 0 Å². The Hall–Kier alpha value is -1.69. The summed E-state index contributed by atoms with van der Waals surface area (Å²) in [5, 5.41) is 0. The summed E-state index contributed by atoms with van der Waals surface area (Å²) in [5.74, 6) is 1.63. The number of pyridine rings is 1. The molecular weight excluding hydrogens is 592 g/mol. The fourth-order valence-electron chi connectivity index (χ4n) is 4.44. The Bertz CT molecular complexity index is 1090. The van der Waals surface area contributed by atoms with Gasteiger partial charge in [-0.2, -0.15) is 0 Å². The van der Waals surface area contributed by atoms with Crippen molar-refractivity contribution >= 4 is 23.8 Å². The average Bonchev–Trinajstić information content (AvgIpc) is 2.80. The second-order valence-corrected chi connectivity index (χ2v) is 10.7. The van der Waals surface area contributed by atoms with Gasteiger partial charge in [0, 0.05) is 0 Å². The van der Waals surface area contributed by atoms with Gasteiger partial charge in [0.25, 0.3) is 0 Å². The van der Waals surface area contributed by atoms with Crippen LogP contribution < -0.4 is 37.2 Å². The minimum absolute atomic E-state index is 0. The largest absolute Gasteiger partial charge is 3.00 e. The molecule has 0 fully saturated rings. The third-order valence-corrected chi connectivity index (χ3v) is 6.35. The first-order valence-electron chi connectivity index (χ1n) is 12.9. The van der Waals surface area contributed by atoms with Gasteiger partial charge in [-0.1, -0.05) is 91.8 Å². The summed E-state index contributed by atoms with van der Waals surface area (Å²) >= 11 is 0. The molecule has 0 unspecified atom stereocenters. The predicted octanol–water partition coefficient (Wildman–Crippen LogP) is 0.394. The number of rotatable bonds is 8. The van der Waals surface area contributed by atoms with Crippen LogP contribution in [0, 0.1) is 6.92 Å². The first-order valence-corrected chi connectivity index (χ1v) is 12.9. The molecule has 0 bridgehead atoms. The number of aryl methyl sites for hydroxylation is 1. The fraction of sp³-hybridized carbons (Fsp3) is 0.406. The van der Waals surface area contributed by atoms with Crippen LogP contribution in [-0.2, 0) is 16.8 Å². The van der Waals surface area contributed by atoms with E-state index in [0.717, 1.165) is 28.3 Å². The van der Waals surface area contributed by atoms with Crippen LogP contribution in [0.5, 0.6) is 0 Å². The number of aliphatic imine (C=N–C) groups is 2. The monoisotopic (exact) mass is 631 g/mol. The van der Waals surface area contributed by atoms with Gasteiger partial charge in [0.05, 0.1) is 35.2 Å². The van der Waals surface area contributed by atoms with E-state index in [0.29, 0.717) is 23.7 Å². The molecule has 0 radical (unpaired) electrons. The summed E-state index contributed by atoms with van der Waals surface area (Å²) in [6.45, 7) is 19.9. The standard InChI is InChI=1S/C32H41N3.3ClH.Co/c1-20(2)27-12-10-13-28(21(3)4)31(27)33-18-25-16-24(9)17-26(35-25)19-34-32-29(22(5)6)14-11-15-30(32)23(7)8;;;;/h10-23H,1-9H3;3*1H;/q;;;;+3/p-3. The number of benzene rings is 2. The van der Waals surface area contributed by atoms with Gasteiger partial charge in [-0.05, 0) is 70.5 Å². The Morgan fingerprint density at radius 3 is 1.10 bits per heavy atom. The summed E-state index contributed by atoms with van der Waals surface area (Å²) < 4.78 is 0. The second kappa shape index (κ2) is 17.9. The molecule has 0 aliphatic rings. The molecule has 1 aromatic heterocycles. The maximum Gasteiger partial charge on any atom is 3.00 e. The van der Waals surface area contributed by atoms with Crippen LogP contribution in [0.1, 0.15) is 118 Å². The molecule has 3 rings (SSSR count). The van der Waals surface area contributed by atoms with Crippen molar-refractivity contribution in [2.24, 2.45) is 9.98 Å². The molecule has 3 aromatic rings. The molecule has 2 aromatic carbocycles. The van der Waals surface area contributed by atoms with Crippen LogP contribution in [0.25, 0.3) is 0 Å². The van der Waals surface area contributed by atoms with Crippen molar-refractivity contribution < 1.29 is 54.0 Å². The van der Waals surface area contributed by atoms with Gasteiger partial charge in [-0.25, -0.2) is 4.98 Å². The maximum atomic E-state index is 4.96. The SMILES string of the molecule is Cc1cc(C=Nc2c(C(C)C)cccc2C(C)C)nc(C=Nc2c(C(C)C)cccc2C(C)C)c1.[Cl-].[Cl-].[Cl-].[Co+3]. The number of para-hydroxylation sites is 2. The zero-order chi connectivity index (χ0) is 25.7. The van der Waals surface area contributed by atoms with Gasteiger partial charge in [0.2, 0.25) is 0 Å². The van der Waals surface area contributed by atoms with Crippen LogP contribution in [0.2, 0.25) is 0 Å². The van der Waals surface area contributed by atoms with E-state index >= 15 is 0 Å². The summed E-state index contributed by atoms with van der Waals surface area (Å²) in [4.78, 5) is 14.8. The van der Waals surface area contributed by atoms with Gasteiger partial charge >= 0.3 is 16.8 Å². The van der Waals surface area contributed by atoms with Crippen molar-refractivity contribution in [2.75, 3.05) is 0 Å². The quantitative estimate of drug-likeness (QED) is 0.332. The van der Waals surface area contributed by atoms with E-state index in [1.165, 1.54) is 22.3 Å². The Labute approximate surface area is 265 Å². The molecule has 0 spiro atoms. The first-order chi connectivity index (χ1) is 16.6. The number of hydrogen-bond acceptors (Lipinski definition) is 3. The molecule has 0 atom stereocenters. The molecule has 1 heterocycles. The second-order valence-electron chi connectivity index (χ2n) is 10.7. The van der Waals surface area contributed by atoms with Crippen molar-refractivity contribution in [1.29, 1.82) is 0 Å². The van der Waals surface area contributed by atoms with E-state index in [-0.39, 0.29) is 54.0 Å². The molecule has 214 valence electrons. The Kier molecular flexibility index (Phi) is 18.1. The molecule has 0 aliphatic heterocycles.